The van der Waals surface area contributed by atoms with Crippen molar-refractivity contribution in [2.45, 2.75) is 225 Å². The van der Waals surface area contributed by atoms with Gasteiger partial charge in [0, 0.05) is 13.0 Å². The van der Waals surface area contributed by atoms with Crippen molar-refractivity contribution in [3.05, 3.63) is 72.9 Å². The van der Waals surface area contributed by atoms with Crippen LogP contribution in [0.25, 0.3) is 0 Å². The molecule has 65 heavy (non-hydrogen) atoms. The molecule has 0 heterocycles. The van der Waals surface area contributed by atoms with E-state index in [1.807, 2.05) is 21.1 Å². The summed E-state index contributed by atoms with van der Waals surface area (Å²) in [6.07, 6.45) is 63.6. The van der Waals surface area contributed by atoms with Crippen LogP contribution >= 0.6 is 7.82 Å². The summed E-state index contributed by atoms with van der Waals surface area (Å²) < 4.78 is 34.8. The molecule has 378 valence electrons. The number of unbranched alkanes of at least 4 members (excludes halogenated alkanes) is 23. The minimum Gasteiger partial charge on any atom is -0.756 e. The number of carbonyl (C=O) groups excluding carboxylic acids is 1. The Morgan fingerprint density at radius 2 is 0.892 bits per heavy atom. The first-order valence-corrected chi connectivity index (χ1v) is 28.1. The lowest BCUT2D eigenvalue weighted by molar-refractivity contribution is -0.870. The standard InChI is InChI=1S/C56H102NO7P/c1-6-8-10-12-14-16-18-20-22-24-25-26-27-28-29-30-31-32-34-36-38-40-42-44-46-48-51-61-53-55(54-63-65(59,60)62-52-50-57(3,4)5)64-56(58)49-47-45-43-41-39-37-35-33-23-21-19-17-15-13-11-9-7-2/h9,11,15,17-18,20-21,23-25,27-28,55H,6-8,10,12-14,16,19,22,26,29-54H2,1-5H3/b11-9-,17-15-,20-18-,23-21-,25-24-,28-27-. The van der Waals surface area contributed by atoms with Gasteiger partial charge in [0.1, 0.15) is 19.3 Å². The zero-order chi connectivity index (χ0) is 47.6. The van der Waals surface area contributed by atoms with Crippen molar-refractivity contribution in [1.82, 2.24) is 0 Å². The van der Waals surface area contributed by atoms with Gasteiger partial charge in [0.2, 0.25) is 0 Å². The predicted molar refractivity (Wildman–Crippen MR) is 277 cm³/mol. The van der Waals surface area contributed by atoms with Crippen LogP contribution in [0.15, 0.2) is 72.9 Å². The maximum atomic E-state index is 12.7. The first-order chi connectivity index (χ1) is 31.6. The number of carbonyl (C=O) groups is 1. The zero-order valence-electron chi connectivity index (χ0n) is 42.9. The van der Waals surface area contributed by atoms with E-state index >= 15 is 0 Å². The average molecular weight is 932 g/mol. The third-order valence-corrected chi connectivity index (χ3v) is 12.2. The lowest BCUT2D eigenvalue weighted by atomic mass is 10.1. The van der Waals surface area contributed by atoms with Gasteiger partial charge < -0.3 is 27.9 Å². The molecule has 0 rings (SSSR count). The van der Waals surface area contributed by atoms with Gasteiger partial charge in [-0.3, -0.25) is 9.36 Å². The second-order valence-corrected chi connectivity index (χ2v) is 20.3. The number of hydrogen-bond acceptors (Lipinski definition) is 7. The highest BCUT2D eigenvalue weighted by Gasteiger charge is 2.20. The molecule has 0 bridgehead atoms. The summed E-state index contributed by atoms with van der Waals surface area (Å²) >= 11 is 0. The molecule has 0 saturated carbocycles. The van der Waals surface area contributed by atoms with Crippen molar-refractivity contribution in [2.75, 3.05) is 54.1 Å². The molecule has 0 radical (unpaired) electrons. The quantitative estimate of drug-likeness (QED) is 0.0197. The van der Waals surface area contributed by atoms with Crippen LogP contribution in [-0.4, -0.2) is 70.7 Å². The summed E-state index contributed by atoms with van der Waals surface area (Å²) in [5.74, 6) is -0.346. The van der Waals surface area contributed by atoms with Gasteiger partial charge in [-0.25, -0.2) is 0 Å². The second kappa shape index (κ2) is 48.4. The Hall–Kier alpha value is -2.06. The fourth-order valence-corrected chi connectivity index (χ4v) is 7.89. The van der Waals surface area contributed by atoms with E-state index in [2.05, 4.69) is 86.8 Å². The third kappa shape index (κ3) is 52.8. The average Bonchev–Trinajstić information content (AvgIpc) is 3.27. The number of phosphoric ester groups is 1. The van der Waals surface area contributed by atoms with Crippen LogP contribution < -0.4 is 4.89 Å². The van der Waals surface area contributed by atoms with Gasteiger partial charge >= 0.3 is 5.97 Å². The van der Waals surface area contributed by atoms with Crippen molar-refractivity contribution in [3.8, 4) is 0 Å². The molecule has 0 aliphatic heterocycles. The number of hydrogen-bond donors (Lipinski definition) is 0. The van der Waals surface area contributed by atoms with Crippen LogP contribution in [-0.2, 0) is 27.9 Å². The Morgan fingerprint density at radius 1 is 0.492 bits per heavy atom. The van der Waals surface area contributed by atoms with E-state index < -0.39 is 13.9 Å². The summed E-state index contributed by atoms with van der Waals surface area (Å²) in [6, 6.07) is 0. The monoisotopic (exact) mass is 932 g/mol. The normalized spacial score (nSPS) is 14.1. The number of allylic oxidation sites excluding steroid dienone is 12. The molecule has 0 N–H and O–H groups in total. The van der Waals surface area contributed by atoms with Gasteiger partial charge in [0.25, 0.3) is 7.82 Å². The van der Waals surface area contributed by atoms with E-state index in [9.17, 15) is 14.3 Å². The lowest BCUT2D eigenvalue weighted by Crippen LogP contribution is -2.37. The maximum Gasteiger partial charge on any atom is 0.306 e. The predicted octanol–water partition coefficient (Wildman–Crippen LogP) is 16.0. The van der Waals surface area contributed by atoms with Crippen LogP contribution in [0.4, 0.5) is 0 Å². The van der Waals surface area contributed by atoms with E-state index in [1.165, 1.54) is 128 Å². The van der Waals surface area contributed by atoms with Gasteiger partial charge in [-0.1, -0.05) is 202 Å². The number of esters is 1. The van der Waals surface area contributed by atoms with Crippen molar-refractivity contribution in [3.63, 3.8) is 0 Å². The molecule has 0 aliphatic rings. The molecule has 0 aliphatic carbocycles. The summed E-state index contributed by atoms with van der Waals surface area (Å²) in [4.78, 5) is 25.2. The summed E-state index contributed by atoms with van der Waals surface area (Å²) in [5, 5.41) is 0. The van der Waals surface area contributed by atoms with Crippen LogP contribution in [0, 0.1) is 0 Å². The number of phosphoric acid groups is 1. The Balaban J connectivity index is 4.11. The summed E-state index contributed by atoms with van der Waals surface area (Å²) in [7, 11) is 1.34. The Bertz CT molecular complexity index is 1270. The molecular weight excluding hydrogens is 830 g/mol. The summed E-state index contributed by atoms with van der Waals surface area (Å²) in [5.41, 5.74) is 0. The SMILES string of the molecule is CC/C=C\C/C=C\C/C=C\CCCCCCCCCC(=O)OC(COCCCCCCCCCCCCC/C=C\C/C=C\C/C=C\CCCCCCC)COP(=O)([O-])OCC[N+](C)(C)C. The molecule has 0 aromatic carbocycles. The highest BCUT2D eigenvalue weighted by Crippen LogP contribution is 2.38. The van der Waals surface area contributed by atoms with Gasteiger partial charge in [0.05, 0.1) is 34.4 Å². The smallest absolute Gasteiger partial charge is 0.306 e. The number of likely N-dealkylation sites (N-methyl/N-ethyl adjacent to an activating group) is 1. The third-order valence-electron chi connectivity index (χ3n) is 11.2. The molecule has 0 aromatic heterocycles. The molecule has 0 fully saturated rings. The lowest BCUT2D eigenvalue weighted by Gasteiger charge is -2.28. The van der Waals surface area contributed by atoms with Crippen LogP contribution in [0.1, 0.15) is 219 Å². The van der Waals surface area contributed by atoms with E-state index in [4.69, 9.17) is 18.5 Å². The largest absolute Gasteiger partial charge is 0.756 e. The fraction of sp³-hybridized carbons (Fsp3) is 0.768. The Labute approximate surface area is 402 Å². The highest BCUT2D eigenvalue weighted by atomic mass is 31.2. The van der Waals surface area contributed by atoms with Crippen molar-refractivity contribution >= 4 is 13.8 Å². The van der Waals surface area contributed by atoms with Gasteiger partial charge in [-0.05, 0) is 83.5 Å². The van der Waals surface area contributed by atoms with Crippen LogP contribution in [0.3, 0.4) is 0 Å². The Morgan fingerprint density at radius 3 is 1.34 bits per heavy atom. The minimum atomic E-state index is -4.54. The van der Waals surface area contributed by atoms with E-state index in [-0.39, 0.29) is 25.8 Å². The first kappa shape index (κ1) is 62.9. The minimum absolute atomic E-state index is 0.0204. The van der Waals surface area contributed by atoms with Crippen molar-refractivity contribution in [1.29, 1.82) is 0 Å². The molecule has 0 amide bonds. The maximum absolute atomic E-state index is 12.7. The number of nitrogens with zero attached hydrogens (tertiary/aromatic N) is 1. The fourth-order valence-electron chi connectivity index (χ4n) is 7.16. The highest BCUT2D eigenvalue weighted by molar-refractivity contribution is 7.45. The molecule has 2 unspecified atom stereocenters. The van der Waals surface area contributed by atoms with Crippen LogP contribution in [0.5, 0.6) is 0 Å². The Kier molecular flexibility index (Phi) is 46.9. The van der Waals surface area contributed by atoms with Gasteiger partial charge in [-0.2, -0.15) is 0 Å². The second-order valence-electron chi connectivity index (χ2n) is 18.9. The molecule has 0 aromatic rings. The van der Waals surface area contributed by atoms with E-state index in [0.29, 0.717) is 24.1 Å². The van der Waals surface area contributed by atoms with Crippen LogP contribution in [0.2, 0.25) is 0 Å². The molecule has 0 saturated heterocycles. The van der Waals surface area contributed by atoms with Gasteiger partial charge in [-0.15, -0.1) is 0 Å². The summed E-state index contributed by atoms with van der Waals surface area (Å²) in [6.45, 7) is 5.28. The van der Waals surface area contributed by atoms with Crippen molar-refractivity contribution < 1.29 is 37.3 Å². The molecule has 2 atom stereocenters. The van der Waals surface area contributed by atoms with E-state index in [0.717, 1.165) is 70.6 Å². The molecule has 0 spiro atoms. The van der Waals surface area contributed by atoms with Gasteiger partial charge in [0.15, 0.2) is 0 Å². The van der Waals surface area contributed by atoms with E-state index in [1.54, 1.807) is 0 Å². The first-order valence-electron chi connectivity index (χ1n) is 26.7. The number of quaternary nitrogens is 1. The van der Waals surface area contributed by atoms with Crippen molar-refractivity contribution in [2.24, 2.45) is 0 Å². The number of ether oxygens (including phenoxy) is 2. The number of rotatable bonds is 49. The molecule has 9 heteroatoms. The molecular formula is C56H102NO7P. The zero-order valence-corrected chi connectivity index (χ0v) is 43.8. The topological polar surface area (TPSA) is 94.1 Å². The molecule has 8 nitrogen and oxygen atoms in total.